The molecule has 8 heteroatoms. The first-order valence-electron chi connectivity index (χ1n) is 8.02. The molecule has 6 nitrogen and oxygen atoms in total. The van der Waals surface area contributed by atoms with E-state index in [0.29, 0.717) is 31.1 Å². The number of rotatable bonds is 6. The first-order chi connectivity index (χ1) is 11.0. The molecule has 0 spiro atoms. The molecule has 1 aliphatic heterocycles. The monoisotopic (exact) mass is 375 g/mol. The van der Waals surface area contributed by atoms with Crippen molar-refractivity contribution >= 4 is 34.0 Å². The molecule has 1 aromatic carbocycles. The van der Waals surface area contributed by atoms with Gasteiger partial charge in [-0.1, -0.05) is 6.92 Å². The number of carbonyl (C=O) groups is 1. The number of anilines is 1. The molecule has 1 aliphatic rings. The Morgan fingerprint density at radius 2 is 1.96 bits per heavy atom. The number of carbonyl (C=O) groups excluding carboxylic acids is 1. The summed E-state index contributed by atoms with van der Waals surface area (Å²) >= 11 is 0. The molecule has 1 fully saturated rings. The number of nitrogens with zero attached hydrogens (tertiary/aromatic N) is 1. The molecule has 0 aliphatic carbocycles. The lowest BCUT2D eigenvalue weighted by molar-refractivity contribution is -0.115. The molecule has 1 atom stereocenters. The van der Waals surface area contributed by atoms with E-state index < -0.39 is 10.0 Å². The molecule has 0 aromatic heterocycles. The Morgan fingerprint density at radius 1 is 1.29 bits per heavy atom. The second-order valence-corrected chi connectivity index (χ2v) is 7.79. The van der Waals surface area contributed by atoms with Gasteiger partial charge in [0.15, 0.2) is 0 Å². The smallest absolute Gasteiger partial charge is 0.243 e. The lowest BCUT2D eigenvalue weighted by Crippen LogP contribution is -2.42. The average Bonchev–Trinajstić information content (AvgIpc) is 2.56. The number of sulfonamides is 1. The molecule has 0 saturated carbocycles. The van der Waals surface area contributed by atoms with Gasteiger partial charge >= 0.3 is 0 Å². The van der Waals surface area contributed by atoms with Gasteiger partial charge in [0.05, 0.1) is 4.90 Å². The normalized spacial score (nSPS) is 18.7. The van der Waals surface area contributed by atoms with Crippen LogP contribution in [-0.2, 0) is 14.8 Å². The van der Waals surface area contributed by atoms with E-state index in [1.54, 1.807) is 35.5 Å². The Bertz CT molecular complexity index is 632. The summed E-state index contributed by atoms with van der Waals surface area (Å²) < 4.78 is 27.1. The maximum Gasteiger partial charge on any atom is 0.243 e. The molecule has 2 N–H and O–H groups in total. The van der Waals surface area contributed by atoms with Crippen molar-refractivity contribution in [3.63, 3.8) is 0 Å². The van der Waals surface area contributed by atoms with Crippen molar-refractivity contribution in [3.05, 3.63) is 24.3 Å². The van der Waals surface area contributed by atoms with E-state index >= 15 is 0 Å². The highest BCUT2D eigenvalue weighted by Gasteiger charge is 2.29. The third-order valence-electron chi connectivity index (χ3n) is 4.07. The molecule has 136 valence electrons. The minimum Gasteiger partial charge on any atom is -0.326 e. The van der Waals surface area contributed by atoms with E-state index in [1.807, 2.05) is 7.05 Å². The van der Waals surface area contributed by atoms with Gasteiger partial charge in [0.1, 0.15) is 0 Å². The van der Waals surface area contributed by atoms with Crippen molar-refractivity contribution in [3.8, 4) is 0 Å². The standard InChI is InChI=1S/C16H25N3O3S.ClH/c1-3-16(20)18-14-6-8-15(9-7-14)23(21,22)19-10-4-5-13(12-19)11-17-2;/h6-9,13,17H,3-5,10-12H2,1-2H3,(H,18,20);1H. The molecule has 0 bridgehead atoms. The van der Waals surface area contributed by atoms with Crippen molar-refractivity contribution in [2.75, 3.05) is 32.0 Å². The van der Waals surface area contributed by atoms with Gasteiger partial charge in [-0.25, -0.2) is 8.42 Å². The minimum absolute atomic E-state index is 0. The maximum atomic E-state index is 12.7. The molecular formula is C16H26ClN3O3S. The van der Waals surface area contributed by atoms with E-state index in [0.717, 1.165) is 19.4 Å². The van der Waals surface area contributed by atoms with E-state index in [4.69, 9.17) is 0 Å². The molecule has 1 saturated heterocycles. The maximum absolute atomic E-state index is 12.7. The molecule has 2 rings (SSSR count). The van der Waals surface area contributed by atoms with Crippen LogP contribution >= 0.6 is 12.4 Å². The Hall–Kier alpha value is -1.15. The summed E-state index contributed by atoms with van der Waals surface area (Å²) in [6.07, 6.45) is 2.33. The van der Waals surface area contributed by atoms with Gasteiger partial charge in [-0.05, 0) is 56.6 Å². The van der Waals surface area contributed by atoms with E-state index in [9.17, 15) is 13.2 Å². The van der Waals surface area contributed by atoms with Crippen LogP contribution in [0, 0.1) is 5.92 Å². The van der Waals surface area contributed by atoms with Crippen LogP contribution in [0.3, 0.4) is 0 Å². The van der Waals surface area contributed by atoms with Gasteiger partial charge in [0.25, 0.3) is 0 Å². The predicted octanol–water partition coefficient (Wildman–Crippen LogP) is 2.08. The van der Waals surface area contributed by atoms with Crippen molar-refractivity contribution in [1.29, 1.82) is 0 Å². The molecule has 1 amide bonds. The van der Waals surface area contributed by atoms with Gasteiger partial charge in [-0.2, -0.15) is 4.31 Å². The van der Waals surface area contributed by atoms with E-state index in [-0.39, 0.29) is 23.2 Å². The second kappa shape index (κ2) is 9.36. The molecule has 1 aromatic rings. The van der Waals surface area contributed by atoms with Gasteiger partial charge in [-0.15, -0.1) is 12.4 Å². The zero-order valence-corrected chi connectivity index (χ0v) is 15.8. The Labute approximate surface area is 150 Å². The van der Waals surface area contributed by atoms with Crippen LogP contribution in [0.4, 0.5) is 5.69 Å². The van der Waals surface area contributed by atoms with Crippen molar-refractivity contribution in [2.24, 2.45) is 5.92 Å². The largest absolute Gasteiger partial charge is 0.326 e. The number of benzene rings is 1. The summed E-state index contributed by atoms with van der Waals surface area (Å²) in [7, 11) is -1.59. The summed E-state index contributed by atoms with van der Waals surface area (Å²) in [5, 5.41) is 5.84. The Kier molecular flexibility index (Phi) is 8.15. The van der Waals surface area contributed by atoms with Crippen LogP contribution in [0.1, 0.15) is 26.2 Å². The number of amides is 1. The lowest BCUT2D eigenvalue weighted by Gasteiger charge is -2.31. The predicted molar refractivity (Wildman–Crippen MR) is 98.0 cm³/mol. The highest BCUT2D eigenvalue weighted by Crippen LogP contribution is 2.24. The van der Waals surface area contributed by atoms with Crippen LogP contribution in [0.2, 0.25) is 0 Å². The fourth-order valence-corrected chi connectivity index (χ4v) is 4.36. The highest BCUT2D eigenvalue weighted by molar-refractivity contribution is 7.89. The number of halogens is 1. The number of nitrogens with one attached hydrogen (secondary N) is 2. The minimum atomic E-state index is -3.47. The topological polar surface area (TPSA) is 78.5 Å². The Morgan fingerprint density at radius 3 is 2.54 bits per heavy atom. The van der Waals surface area contributed by atoms with Gasteiger partial charge < -0.3 is 10.6 Å². The first kappa shape index (κ1) is 20.9. The molecule has 24 heavy (non-hydrogen) atoms. The van der Waals surface area contributed by atoms with Crippen molar-refractivity contribution in [2.45, 2.75) is 31.1 Å². The van der Waals surface area contributed by atoms with Gasteiger partial charge in [-0.3, -0.25) is 4.79 Å². The van der Waals surface area contributed by atoms with Crippen LogP contribution < -0.4 is 10.6 Å². The first-order valence-corrected chi connectivity index (χ1v) is 9.46. The average molecular weight is 376 g/mol. The SMILES string of the molecule is CCC(=O)Nc1ccc(S(=O)(=O)N2CCCC(CNC)C2)cc1.Cl. The van der Waals surface area contributed by atoms with Crippen LogP contribution in [0.25, 0.3) is 0 Å². The Balaban J connectivity index is 0.00000288. The van der Waals surface area contributed by atoms with Crippen LogP contribution in [0.15, 0.2) is 29.2 Å². The second-order valence-electron chi connectivity index (χ2n) is 5.86. The van der Waals surface area contributed by atoms with E-state index in [1.165, 1.54) is 0 Å². The van der Waals surface area contributed by atoms with Gasteiger partial charge in [0.2, 0.25) is 15.9 Å². The summed E-state index contributed by atoms with van der Waals surface area (Å²) in [6.45, 7) is 3.72. The highest BCUT2D eigenvalue weighted by atomic mass is 35.5. The zero-order chi connectivity index (χ0) is 16.9. The van der Waals surface area contributed by atoms with Crippen molar-refractivity contribution in [1.82, 2.24) is 9.62 Å². The summed E-state index contributed by atoms with van der Waals surface area (Å²) in [4.78, 5) is 11.6. The fourth-order valence-electron chi connectivity index (χ4n) is 2.81. The zero-order valence-electron chi connectivity index (χ0n) is 14.1. The third-order valence-corrected chi connectivity index (χ3v) is 5.95. The fraction of sp³-hybridized carbons (Fsp3) is 0.562. The molecular weight excluding hydrogens is 350 g/mol. The third kappa shape index (κ3) is 5.17. The molecule has 1 unspecified atom stereocenters. The van der Waals surface area contributed by atoms with Crippen molar-refractivity contribution < 1.29 is 13.2 Å². The van der Waals surface area contributed by atoms with Gasteiger partial charge in [0, 0.05) is 25.2 Å². The summed E-state index contributed by atoms with van der Waals surface area (Å²) in [6, 6.07) is 6.38. The lowest BCUT2D eigenvalue weighted by atomic mass is 10.00. The summed E-state index contributed by atoms with van der Waals surface area (Å²) in [5.74, 6) is 0.262. The van der Waals surface area contributed by atoms with E-state index in [2.05, 4.69) is 10.6 Å². The number of hydrogen-bond acceptors (Lipinski definition) is 4. The van der Waals surface area contributed by atoms with Crippen LogP contribution in [0.5, 0.6) is 0 Å². The van der Waals surface area contributed by atoms with Crippen LogP contribution in [-0.4, -0.2) is 45.3 Å². The quantitative estimate of drug-likeness (QED) is 0.797. The molecule has 0 radical (unpaired) electrons. The summed E-state index contributed by atoms with van der Waals surface area (Å²) in [5.41, 5.74) is 0.613. The molecule has 1 heterocycles. The number of piperidine rings is 1. The number of hydrogen-bond donors (Lipinski definition) is 2.